The summed E-state index contributed by atoms with van der Waals surface area (Å²) in [6.07, 6.45) is -2.33. The molecule has 3 aromatic heterocycles. The highest BCUT2D eigenvalue weighted by molar-refractivity contribution is 5.76. The van der Waals surface area contributed by atoms with Crippen LogP contribution in [0, 0.1) is 0 Å². The van der Waals surface area contributed by atoms with Crippen molar-refractivity contribution in [3.05, 3.63) is 24.7 Å². The Bertz CT molecular complexity index is 1120. The van der Waals surface area contributed by atoms with Crippen LogP contribution in [0.2, 0.25) is 0 Å². The molecule has 3 aromatic rings. The molecule has 1 aliphatic rings. The molecule has 0 amide bonds. The average Bonchev–Trinajstić information content (AvgIpc) is 3.33. The molecule has 172 valence electrons. The van der Waals surface area contributed by atoms with Gasteiger partial charge in [-0.1, -0.05) is 0 Å². The summed E-state index contributed by atoms with van der Waals surface area (Å²) in [5.41, 5.74) is 1.10. The molecule has 0 N–H and O–H groups in total. The molecule has 1 atom stereocenters. The van der Waals surface area contributed by atoms with Crippen molar-refractivity contribution in [1.29, 1.82) is 0 Å². The Labute approximate surface area is 177 Å². The Kier molecular flexibility index (Phi) is 5.48. The maximum absolute atomic E-state index is 14.4. The van der Waals surface area contributed by atoms with Crippen molar-refractivity contribution in [3.8, 4) is 23.1 Å². The van der Waals surface area contributed by atoms with Gasteiger partial charge in [-0.2, -0.15) is 23.3 Å². The lowest BCUT2D eigenvalue weighted by atomic mass is 10.2. The molecule has 1 fully saturated rings. The van der Waals surface area contributed by atoms with Crippen molar-refractivity contribution in [3.63, 3.8) is 0 Å². The van der Waals surface area contributed by atoms with E-state index in [0.29, 0.717) is 5.56 Å². The van der Waals surface area contributed by atoms with Crippen molar-refractivity contribution < 1.29 is 36.2 Å². The molecule has 0 aromatic carbocycles. The van der Waals surface area contributed by atoms with Crippen LogP contribution in [0.15, 0.2) is 24.7 Å². The quantitative estimate of drug-likeness (QED) is 0.519. The zero-order chi connectivity index (χ0) is 23.1. The van der Waals surface area contributed by atoms with Gasteiger partial charge >= 0.3 is 12.2 Å². The van der Waals surface area contributed by atoms with Crippen molar-refractivity contribution in [1.82, 2.24) is 24.6 Å². The van der Waals surface area contributed by atoms with Gasteiger partial charge in [0.1, 0.15) is 18.4 Å². The van der Waals surface area contributed by atoms with Gasteiger partial charge in [0.2, 0.25) is 5.88 Å². The SMILES string of the molecule is COc1ncc(-c2cc(N3CC(OCC(F)(F)F)C(F)(F)C3)c3nccn3n2)c(OC)n1. The summed E-state index contributed by atoms with van der Waals surface area (Å²) in [5.74, 6) is -3.37. The molecular formula is C18H17F5N6O3. The number of hydrogen-bond acceptors (Lipinski definition) is 8. The third kappa shape index (κ3) is 4.22. The highest BCUT2D eigenvalue weighted by Crippen LogP contribution is 2.37. The first kappa shape index (κ1) is 21.9. The second-order valence-electron chi connectivity index (χ2n) is 6.95. The fourth-order valence-electron chi connectivity index (χ4n) is 3.35. The molecule has 0 spiro atoms. The number of anilines is 1. The van der Waals surface area contributed by atoms with E-state index in [1.165, 1.54) is 48.3 Å². The Morgan fingerprint density at radius 2 is 1.97 bits per heavy atom. The number of aromatic nitrogens is 5. The molecule has 0 saturated carbocycles. The molecule has 9 nitrogen and oxygen atoms in total. The fourth-order valence-corrected chi connectivity index (χ4v) is 3.35. The lowest BCUT2D eigenvalue weighted by Gasteiger charge is -2.19. The highest BCUT2D eigenvalue weighted by atomic mass is 19.4. The summed E-state index contributed by atoms with van der Waals surface area (Å²) in [6.45, 7) is -3.08. The molecule has 14 heteroatoms. The van der Waals surface area contributed by atoms with Gasteiger partial charge in [0.05, 0.1) is 38.6 Å². The number of imidazole rings is 1. The fraction of sp³-hybridized carbons (Fsp3) is 0.444. The van der Waals surface area contributed by atoms with Crippen molar-refractivity contribution in [2.45, 2.75) is 18.2 Å². The van der Waals surface area contributed by atoms with Crippen LogP contribution in [-0.2, 0) is 4.74 Å². The maximum atomic E-state index is 14.4. The van der Waals surface area contributed by atoms with Crippen LogP contribution in [0.1, 0.15) is 0 Å². The van der Waals surface area contributed by atoms with E-state index in [9.17, 15) is 22.0 Å². The average molecular weight is 460 g/mol. The standard InChI is InChI=1S/C18H17F5N6O3/c1-30-15-10(6-25-16(26-15)31-2)11-5-12(14-24-3-4-29(14)27-11)28-7-13(17(19,20)8-28)32-9-18(21,22)23/h3-6,13H,7-9H2,1-2H3. The minimum atomic E-state index is -4.71. The smallest absolute Gasteiger partial charge is 0.411 e. The van der Waals surface area contributed by atoms with Gasteiger partial charge in [-0.25, -0.2) is 23.3 Å². The van der Waals surface area contributed by atoms with Gasteiger partial charge in [0, 0.05) is 18.6 Å². The van der Waals surface area contributed by atoms with Crippen LogP contribution >= 0.6 is 0 Å². The molecule has 4 rings (SSSR count). The van der Waals surface area contributed by atoms with Crippen LogP contribution in [0.4, 0.5) is 27.6 Å². The zero-order valence-corrected chi connectivity index (χ0v) is 16.8. The van der Waals surface area contributed by atoms with Crippen molar-refractivity contribution >= 4 is 11.3 Å². The van der Waals surface area contributed by atoms with Gasteiger partial charge in [-0.05, 0) is 6.07 Å². The summed E-state index contributed by atoms with van der Waals surface area (Å²) >= 11 is 0. The largest absolute Gasteiger partial charge is 0.480 e. The van der Waals surface area contributed by atoms with Crippen LogP contribution in [0.3, 0.4) is 0 Å². The third-order valence-electron chi connectivity index (χ3n) is 4.77. The molecule has 0 bridgehead atoms. The number of rotatable bonds is 6. The number of hydrogen-bond donors (Lipinski definition) is 0. The summed E-state index contributed by atoms with van der Waals surface area (Å²) < 4.78 is 82.4. The van der Waals surface area contributed by atoms with Crippen molar-refractivity contribution in [2.75, 3.05) is 38.8 Å². The number of alkyl halides is 5. The van der Waals surface area contributed by atoms with Gasteiger partial charge in [-0.3, -0.25) is 0 Å². The predicted molar refractivity (Wildman–Crippen MR) is 100 cm³/mol. The monoisotopic (exact) mass is 460 g/mol. The number of nitrogens with zero attached hydrogens (tertiary/aromatic N) is 6. The Hall–Kier alpha value is -3.29. The number of fused-ring (bicyclic) bond motifs is 1. The summed E-state index contributed by atoms with van der Waals surface area (Å²) in [4.78, 5) is 13.5. The van der Waals surface area contributed by atoms with Gasteiger partial charge in [0.15, 0.2) is 5.65 Å². The van der Waals surface area contributed by atoms with E-state index in [2.05, 4.69) is 24.8 Å². The second-order valence-corrected chi connectivity index (χ2v) is 6.95. The normalized spacial score (nSPS) is 18.3. The Morgan fingerprint density at radius 1 is 1.19 bits per heavy atom. The first-order valence-corrected chi connectivity index (χ1v) is 9.22. The van der Waals surface area contributed by atoms with E-state index < -0.39 is 37.9 Å². The minimum absolute atomic E-state index is 0.0540. The topological polar surface area (TPSA) is 86.9 Å². The van der Waals surface area contributed by atoms with Gasteiger partial charge < -0.3 is 19.1 Å². The molecule has 0 aliphatic carbocycles. The minimum Gasteiger partial charge on any atom is -0.480 e. The van der Waals surface area contributed by atoms with Gasteiger partial charge in [0.25, 0.3) is 5.92 Å². The first-order chi connectivity index (χ1) is 15.1. The Balaban J connectivity index is 1.72. The van der Waals surface area contributed by atoms with Gasteiger partial charge in [-0.15, -0.1) is 0 Å². The van der Waals surface area contributed by atoms with E-state index in [1.54, 1.807) is 0 Å². The predicted octanol–water partition coefficient (Wildman–Crippen LogP) is 2.61. The molecular weight excluding hydrogens is 443 g/mol. The molecule has 4 heterocycles. The van der Waals surface area contributed by atoms with Crippen LogP contribution in [0.5, 0.6) is 11.9 Å². The highest BCUT2D eigenvalue weighted by Gasteiger charge is 2.50. The summed E-state index contributed by atoms with van der Waals surface area (Å²) in [5, 5.41) is 4.38. The lowest BCUT2D eigenvalue weighted by Crippen LogP contribution is -2.36. The van der Waals surface area contributed by atoms with E-state index in [4.69, 9.17) is 9.47 Å². The third-order valence-corrected chi connectivity index (χ3v) is 4.77. The number of methoxy groups -OCH3 is 2. The van der Waals surface area contributed by atoms with Crippen LogP contribution in [0.25, 0.3) is 16.9 Å². The van der Waals surface area contributed by atoms with E-state index in [-0.39, 0.29) is 28.9 Å². The van der Waals surface area contributed by atoms with E-state index in [1.807, 2.05) is 0 Å². The summed E-state index contributed by atoms with van der Waals surface area (Å²) in [7, 11) is 2.76. The second kappa shape index (κ2) is 8.00. The maximum Gasteiger partial charge on any atom is 0.411 e. The zero-order valence-electron chi connectivity index (χ0n) is 16.8. The Morgan fingerprint density at radius 3 is 2.66 bits per heavy atom. The van der Waals surface area contributed by atoms with Crippen LogP contribution in [-0.4, -0.2) is 76.7 Å². The molecule has 0 radical (unpaired) electrons. The molecule has 1 saturated heterocycles. The number of halogens is 5. The number of ether oxygens (including phenoxy) is 3. The summed E-state index contributed by atoms with van der Waals surface area (Å²) in [6, 6.07) is 1.52. The van der Waals surface area contributed by atoms with Crippen molar-refractivity contribution in [2.24, 2.45) is 0 Å². The molecule has 1 aliphatic heterocycles. The lowest BCUT2D eigenvalue weighted by molar-refractivity contribution is -0.206. The van der Waals surface area contributed by atoms with Crippen LogP contribution < -0.4 is 14.4 Å². The van der Waals surface area contributed by atoms with E-state index in [0.717, 1.165) is 0 Å². The molecule has 32 heavy (non-hydrogen) atoms. The first-order valence-electron chi connectivity index (χ1n) is 9.22. The van der Waals surface area contributed by atoms with E-state index >= 15 is 0 Å². The molecule has 1 unspecified atom stereocenters.